The van der Waals surface area contributed by atoms with Gasteiger partial charge in [-0.1, -0.05) is 16.6 Å². The number of carbonyl (C=O) groups excluding carboxylic acids is 3. The van der Waals surface area contributed by atoms with Gasteiger partial charge in [0.1, 0.15) is 6.54 Å². The molecule has 0 bridgehead atoms. The van der Waals surface area contributed by atoms with Crippen LogP contribution in [0.5, 0.6) is 0 Å². The quantitative estimate of drug-likeness (QED) is 0.739. The van der Waals surface area contributed by atoms with Crippen molar-refractivity contribution in [2.75, 3.05) is 19.8 Å². The van der Waals surface area contributed by atoms with Gasteiger partial charge in [0.05, 0.1) is 13.2 Å². The van der Waals surface area contributed by atoms with Crippen LogP contribution in [0.4, 0.5) is 15.3 Å². The van der Waals surface area contributed by atoms with Crippen LogP contribution in [0.2, 0.25) is 0 Å². The van der Waals surface area contributed by atoms with Crippen LogP contribution in [0.15, 0.2) is 24.3 Å². The Morgan fingerprint density at radius 2 is 1.43 bits per heavy atom. The van der Waals surface area contributed by atoms with Gasteiger partial charge < -0.3 is 19.4 Å². The maximum Gasteiger partial charge on any atom is 0.531 e. The van der Waals surface area contributed by atoms with E-state index in [-0.39, 0.29) is 26.2 Å². The number of rotatable bonds is 6. The first kappa shape index (κ1) is 18.6. The highest BCUT2D eigenvalue weighted by Gasteiger charge is 2.49. The van der Waals surface area contributed by atoms with Gasteiger partial charge in [0.2, 0.25) is 0 Å². The molecule has 23 heavy (non-hydrogen) atoms. The Bertz CT molecular complexity index is 548. The van der Waals surface area contributed by atoms with Crippen LogP contribution in [-0.4, -0.2) is 37.9 Å². The molecule has 0 spiro atoms. The molecule has 0 N–H and O–H groups in total. The first-order chi connectivity index (χ1) is 10.9. The van der Waals surface area contributed by atoms with E-state index < -0.39 is 22.6 Å². The Morgan fingerprint density at radius 1 is 0.957 bits per heavy atom. The molecule has 2 amide bonds. The summed E-state index contributed by atoms with van der Waals surface area (Å²) in [5.41, 5.74) is 0.863. The molecule has 0 fully saturated rings. The summed E-state index contributed by atoms with van der Waals surface area (Å²) in [7, 11) is 0. The fourth-order valence-electron chi connectivity index (χ4n) is 2.23. The van der Waals surface area contributed by atoms with E-state index >= 15 is 0 Å². The Morgan fingerprint density at radius 3 is 1.78 bits per heavy atom. The normalized spacial score (nSPS) is 10.9. The molecule has 0 atom stereocenters. The minimum atomic E-state index is -1.20. The van der Waals surface area contributed by atoms with E-state index in [2.05, 4.69) is 0 Å². The van der Waals surface area contributed by atoms with Gasteiger partial charge in [0.25, 0.3) is 0 Å². The van der Waals surface area contributed by atoms with Gasteiger partial charge in [-0.15, -0.1) is 0 Å². The number of hydrogen-bond donors (Lipinski definition) is 0. The first-order valence-electron chi connectivity index (χ1n) is 7.44. The number of ether oxygens (including phenoxy) is 2. The average Bonchev–Trinajstić information content (AvgIpc) is 2.50. The van der Waals surface area contributed by atoms with E-state index in [1.165, 1.54) is 24.3 Å². The highest BCUT2D eigenvalue weighted by Crippen LogP contribution is 2.27. The number of nitrogens with zero attached hydrogens (tertiary/aromatic N) is 1. The van der Waals surface area contributed by atoms with Gasteiger partial charge in [-0.2, -0.15) is 9.59 Å². The smallest absolute Gasteiger partial charge is 0.531 e. The Balaban J connectivity index is 3.29. The lowest BCUT2D eigenvalue weighted by molar-refractivity contribution is -0.304. The fourth-order valence-corrected chi connectivity index (χ4v) is 2.23. The number of carboxylic acid groups (broad SMARTS) is 1. The van der Waals surface area contributed by atoms with Crippen LogP contribution < -0.4 is 9.59 Å². The van der Waals surface area contributed by atoms with Crippen LogP contribution in [0.3, 0.4) is 0 Å². The molecule has 0 saturated heterocycles. The Kier molecular flexibility index (Phi) is 6.71. The summed E-state index contributed by atoms with van der Waals surface area (Å²) in [5.74, 6) is -1.20. The van der Waals surface area contributed by atoms with E-state index in [0.717, 1.165) is 0 Å². The average molecular weight is 323 g/mol. The van der Waals surface area contributed by atoms with Crippen molar-refractivity contribution in [3.05, 3.63) is 29.8 Å². The van der Waals surface area contributed by atoms with Crippen molar-refractivity contribution in [1.29, 1.82) is 0 Å². The number of benzene rings is 1. The van der Waals surface area contributed by atoms with Crippen molar-refractivity contribution >= 4 is 23.8 Å². The van der Waals surface area contributed by atoms with Crippen molar-refractivity contribution in [2.24, 2.45) is 0 Å². The number of carbonyl (C=O) groups is 3. The highest BCUT2D eigenvalue weighted by molar-refractivity contribution is 6.03. The maximum atomic E-state index is 12.4. The predicted molar refractivity (Wildman–Crippen MR) is 81.5 cm³/mol. The van der Waals surface area contributed by atoms with Crippen molar-refractivity contribution in [2.45, 2.75) is 27.2 Å². The van der Waals surface area contributed by atoms with Crippen molar-refractivity contribution in [3.8, 4) is 0 Å². The molecule has 0 aliphatic rings. The maximum absolute atomic E-state index is 12.4. The number of aliphatic carboxylic acids is 1. The standard InChI is InChI=1S/C16H21NO6/c1-4-17(15(20)22-5-2,16(21)23-6-3)13-9-7-12(8-10-13)11-14(18)19/h7-10H,4-6,11H2,1-3H3. The minimum Gasteiger partial charge on any atom is -0.550 e. The van der Waals surface area contributed by atoms with Crippen LogP contribution >= 0.6 is 0 Å². The molecule has 0 unspecified atom stereocenters. The Labute approximate surface area is 135 Å². The number of imide groups is 1. The molecule has 7 heteroatoms. The van der Waals surface area contributed by atoms with Crippen LogP contribution in [0.1, 0.15) is 26.3 Å². The monoisotopic (exact) mass is 323 g/mol. The molecule has 7 nitrogen and oxygen atoms in total. The zero-order chi connectivity index (χ0) is 17.5. The summed E-state index contributed by atoms with van der Waals surface area (Å²) in [5, 5.41) is 10.6. The molecular weight excluding hydrogens is 302 g/mol. The molecule has 1 rings (SSSR count). The summed E-state index contributed by atoms with van der Waals surface area (Å²) in [6.07, 6.45) is -1.72. The van der Waals surface area contributed by atoms with E-state index in [0.29, 0.717) is 11.3 Å². The first-order valence-corrected chi connectivity index (χ1v) is 7.44. The second-order valence-corrected chi connectivity index (χ2v) is 4.74. The van der Waals surface area contributed by atoms with Crippen molar-refractivity contribution in [1.82, 2.24) is 4.48 Å². The van der Waals surface area contributed by atoms with Crippen LogP contribution in [0.25, 0.3) is 0 Å². The molecule has 0 heterocycles. The van der Waals surface area contributed by atoms with Gasteiger partial charge >= 0.3 is 12.2 Å². The van der Waals surface area contributed by atoms with Gasteiger partial charge in [-0.25, -0.2) is 0 Å². The number of carboxylic acids is 1. The number of quaternary nitrogens is 1. The summed E-state index contributed by atoms with van der Waals surface area (Å²) in [6.45, 7) is 5.33. The molecule has 0 aliphatic carbocycles. The number of hydrogen-bond acceptors (Lipinski definition) is 6. The van der Waals surface area contributed by atoms with Crippen LogP contribution in [0, 0.1) is 0 Å². The van der Waals surface area contributed by atoms with E-state index in [1.807, 2.05) is 0 Å². The molecule has 0 saturated carbocycles. The third-order valence-corrected chi connectivity index (χ3v) is 3.36. The SMILES string of the molecule is CCOC(=O)[N+](CC)(C(=O)OCC)c1ccc(CC(=O)[O-])cc1. The van der Waals surface area contributed by atoms with E-state index in [9.17, 15) is 19.5 Å². The molecule has 1 aromatic rings. The molecule has 0 radical (unpaired) electrons. The second kappa shape index (κ2) is 8.28. The zero-order valence-corrected chi connectivity index (χ0v) is 13.5. The van der Waals surface area contributed by atoms with Crippen molar-refractivity contribution in [3.63, 3.8) is 0 Å². The summed E-state index contributed by atoms with van der Waals surface area (Å²) >= 11 is 0. The van der Waals surface area contributed by atoms with Gasteiger partial charge in [0.15, 0.2) is 5.69 Å². The van der Waals surface area contributed by atoms with Crippen molar-refractivity contribution < 1.29 is 29.0 Å². The second-order valence-electron chi connectivity index (χ2n) is 4.74. The van der Waals surface area contributed by atoms with Gasteiger partial charge in [-0.3, -0.25) is 0 Å². The third-order valence-electron chi connectivity index (χ3n) is 3.36. The third kappa shape index (κ3) is 4.07. The predicted octanol–water partition coefficient (Wildman–Crippen LogP) is 1.62. The van der Waals surface area contributed by atoms with Gasteiger partial charge in [-0.05, 0) is 26.3 Å². The largest absolute Gasteiger partial charge is 0.550 e. The molecular formula is C16H21NO6. The number of amides is 2. The van der Waals surface area contributed by atoms with Crippen LogP contribution in [-0.2, 0) is 20.7 Å². The lowest BCUT2D eigenvalue weighted by Crippen LogP contribution is -2.59. The van der Waals surface area contributed by atoms with E-state index in [4.69, 9.17) is 9.47 Å². The Hall–Kier alpha value is -2.41. The lowest BCUT2D eigenvalue weighted by atomic mass is 10.1. The summed E-state index contributed by atoms with van der Waals surface area (Å²) in [4.78, 5) is 35.5. The lowest BCUT2D eigenvalue weighted by Gasteiger charge is -2.28. The molecule has 0 aromatic heterocycles. The highest BCUT2D eigenvalue weighted by atomic mass is 16.6. The topological polar surface area (TPSA) is 92.7 Å². The zero-order valence-electron chi connectivity index (χ0n) is 13.5. The summed E-state index contributed by atoms with van der Waals surface area (Å²) in [6, 6.07) is 6.11. The molecule has 1 aromatic carbocycles. The van der Waals surface area contributed by atoms with Gasteiger partial charge in [0, 0.05) is 24.5 Å². The van der Waals surface area contributed by atoms with E-state index in [1.54, 1.807) is 20.8 Å². The minimum absolute atomic E-state index is 0.109. The molecule has 126 valence electrons. The fraction of sp³-hybridized carbons (Fsp3) is 0.438. The molecule has 0 aliphatic heterocycles. The summed E-state index contributed by atoms with van der Waals surface area (Å²) < 4.78 is 9.34.